The molecule has 0 aliphatic carbocycles. The summed E-state index contributed by atoms with van der Waals surface area (Å²) in [4.78, 5) is 5.94. The van der Waals surface area contributed by atoms with E-state index in [-0.39, 0.29) is 0 Å². The largest absolute Gasteiger partial charge is 0.370 e. The fraction of sp³-hybridized carbons (Fsp3) is 0.353. The van der Waals surface area contributed by atoms with Crippen LogP contribution < -0.4 is 5.32 Å². The third-order valence-electron chi connectivity index (χ3n) is 3.23. The molecule has 3 heteroatoms. The molecule has 1 heterocycles. The third-order valence-corrected chi connectivity index (χ3v) is 4.26. The van der Waals surface area contributed by atoms with Crippen molar-refractivity contribution in [1.82, 2.24) is 4.98 Å². The Bertz CT molecular complexity index is 567. The summed E-state index contributed by atoms with van der Waals surface area (Å²) in [5, 5.41) is 3.33. The van der Waals surface area contributed by atoms with Gasteiger partial charge in [-0.05, 0) is 55.7 Å². The maximum Gasteiger partial charge on any atom is 0.126 e. The molecular formula is C17H22N2S. The zero-order chi connectivity index (χ0) is 14.4. The molecule has 106 valence electrons. The van der Waals surface area contributed by atoms with Gasteiger partial charge >= 0.3 is 0 Å². The predicted molar refractivity (Wildman–Crippen MR) is 88.5 cm³/mol. The fourth-order valence-corrected chi connectivity index (χ4v) is 2.77. The lowest BCUT2D eigenvalue weighted by atomic mass is 10.1. The van der Waals surface area contributed by atoms with Gasteiger partial charge in [-0.3, -0.25) is 0 Å². The number of thioether (sulfide) groups is 1. The highest BCUT2D eigenvalue weighted by atomic mass is 32.2. The summed E-state index contributed by atoms with van der Waals surface area (Å²) >= 11 is 1.84. The summed E-state index contributed by atoms with van der Waals surface area (Å²) < 4.78 is 0. The first kappa shape index (κ1) is 14.9. The Morgan fingerprint density at radius 3 is 2.70 bits per heavy atom. The Morgan fingerprint density at radius 2 is 1.95 bits per heavy atom. The van der Waals surface area contributed by atoms with Crippen molar-refractivity contribution in [2.24, 2.45) is 0 Å². The van der Waals surface area contributed by atoms with Crippen LogP contribution in [0.4, 0.5) is 5.82 Å². The molecule has 1 aromatic carbocycles. The van der Waals surface area contributed by atoms with Crippen LogP contribution in [0.2, 0.25) is 0 Å². The molecule has 1 aromatic heterocycles. The van der Waals surface area contributed by atoms with E-state index in [2.05, 4.69) is 61.4 Å². The molecule has 0 spiro atoms. The molecule has 0 amide bonds. The van der Waals surface area contributed by atoms with E-state index in [9.17, 15) is 0 Å². The molecule has 0 atom stereocenters. The van der Waals surface area contributed by atoms with Crippen molar-refractivity contribution in [2.45, 2.75) is 37.8 Å². The number of benzene rings is 1. The van der Waals surface area contributed by atoms with E-state index in [1.54, 1.807) is 0 Å². The van der Waals surface area contributed by atoms with Gasteiger partial charge in [-0.25, -0.2) is 4.98 Å². The van der Waals surface area contributed by atoms with E-state index in [4.69, 9.17) is 0 Å². The molecule has 20 heavy (non-hydrogen) atoms. The number of anilines is 1. The second-order valence-electron chi connectivity index (χ2n) is 4.98. The number of nitrogens with zero attached hydrogens (tertiary/aromatic N) is 1. The van der Waals surface area contributed by atoms with E-state index in [1.165, 1.54) is 16.0 Å². The highest BCUT2D eigenvalue weighted by molar-refractivity contribution is 7.98. The van der Waals surface area contributed by atoms with Gasteiger partial charge in [0.2, 0.25) is 0 Å². The normalized spacial score (nSPS) is 10.6. The van der Waals surface area contributed by atoms with Gasteiger partial charge in [-0.2, -0.15) is 0 Å². The molecule has 0 saturated heterocycles. The standard InChI is InChI=1S/C17H22N2S/c1-4-10-18-17-7-5-6-15(19-17)12-20-16-9-8-13(2)14(3)11-16/h5-9,11H,4,10,12H2,1-3H3,(H,18,19). The van der Waals surface area contributed by atoms with Crippen LogP contribution in [0.25, 0.3) is 0 Å². The first-order valence-electron chi connectivity index (χ1n) is 7.09. The van der Waals surface area contributed by atoms with Crippen molar-refractivity contribution in [3.05, 3.63) is 53.2 Å². The zero-order valence-corrected chi connectivity index (χ0v) is 13.3. The van der Waals surface area contributed by atoms with Crippen LogP contribution >= 0.6 is 11.8 Å². The maximum atomic E-state index is 4.63. The second kappa shape index (κ2) is 7.34. The van der Waals surface area contributed by atoms with Gasteiger partial charge in [0.15, 0.2) is 0 Å². The minimum atomic E-state index is 0.907. The third kappa shape index (κ3) is 4.27. The van der Waals surface area contributed by atoms with Crippen LogP contribution in [0.3, 0.4) is 0 Å². The minimum absolute atomic E-state index is 0.907. The molecule has 0 saturated carbocycles. The van der Waals surface area contributed by atoms with Crippen LogP contribution in [0.5, 0.6) is 0 Å². The molecule has 0 unspecified atom stereocenters. The molecular weight excluding hydrogens is 264 g/mol. The minimum Gasteiger partial charge on any atom is -0.370 e. The Balaban J connectivity index is 1.97. The molecule has 0 bridgehead atoms. The van der Waals surface area contributed by atoms with E-state index in [0.29, 0.717) is 0 Å². The second-order valence-corrected chi connectivity index (χ2v) is 6.02. The van der Waals surface area contributed by atoms with Crippen molar-refractivity contribution in [2.75, 3.05) is 11.9 Å². The predicted octanol–water partition coefficient (Wildman–Crippen LogP) is 4.81. The number of rotatable bonds is 6. The molecule has 2 nitrogen and oxygen atoms in total. The number of aryl methyl sites for hydroxylation is 2. The summed E-state index contributed by atoms with van der Waals surface area (Å²) in [7, 11) is 0. The highest BCUT2D eigenvalue weighted by Crippen LogP contribution is 2.24. The van der Waals surface area contributed by atoms with Crippen molar-refractivity contribution >= 4 is 17.6 Å². The van der Waals surface area contributed by atoms with Gasteiger partial charge in [-0.15, -0.1) is 11.8 Å². The van der Waals surface area contributed by atoms with Crippen LogP contribution in [0, 0.1) is 13.8 Å². The van der Waals surface area contributed by atoms with Gasteiger partial charge < -0.3 is 5.32 Å². The highest BCUT2D eigenvalue weighted by Gasteiger charge is 2.01. The van der Waals surface area contributed by atoms with Crippen molar-refractivity contribution in [3.63, 3.8) is 0 Å². The number of aromatic nitrogens is 1. The smallest absolute Gasteiger partial charge is 0.126 e. The Kier molecular flexibility index (Phi) is 5.48. The van der Waals surface area contributed by atoms with Crippen LogP contribution in [0.15, 0.2) is 41.3 Å². The Labute approximate surface area is 126 Å². The average molecular weight is 286 g/mol. The van der Waals surface area contributed by atoms with Gasteiger partial charge in [0.05, 0.1) is 5.69 Å². The maximum absolute atomic E-state index is 4.63. The van der Waals surface area contributed by atoms with Crippen molar-refractivity contribution < 1.29 is 0 Å². The average Bonchev–Trinajstić information content (AvgIpc) is 2.47. The number of pyridine rings is 1. The van der Waals surface area contributed by atoms with Gasteiger partial charge in [0.25, 0.3) is 0 Å². The van der Waals surface area contributed by atoms with E-state index in [1.807, 2.05) is 17.8 Å². The first-order chi connectivity index (χ1) is 9.69. The van der Waals surface area contributed by atoms with Gasteiger partial charge in [0.1, 0.15) is 5.82 Å². The van der Waals surface area contributed by atoms with Crippen LogP contribution in [0.1, 0.15) is 30.2 Å². The summed E-state index contributed by atoms with van der Waals surface area (Å²) in [5.74, 6) is 1.88. The van der Waals surface area contributed by atoms with Crippen molar-refractivity contribution in [3.8, 4) is 0 Å². The van der Waals surface area contributed by atoms with E-state index in [0.717, 1.165) is 30.2 Å². The molecule has 0 aliphatic rings. The molecule has 1 N–H and O–H groups in total. The Morgan fingerprint density at radius 1 is 1.10 bits per heavy atom. The number of nitrogens with one attached hydrogen (secondary N) is 1. The summed E-state index contributed by atoms with van der Waals surface area (Å²) in [6.07, 6.45) is 1.11. The van der Waals surface area contributed by atoms with Crippen LogP contribution in [-0.4, -0.2) is 11.5 Å². The number of hydrogen-bond donors (Lipinski definition) is 1. The van der Waals surface area contributed by atoms with Gasteiger partial charge in [-0.1, -0.05) is 19.1 Å². The topological polar surface area (TPSA) is 24.9 Å². The number of hydrogen-bond acceptors (Lipinski definition) is 3. The SMILES string of the molecule is CCCNc1cccc(CSc2ccc(C)c(C)c2)n1. The zero-order valence-electron chi connectivity index (χ0n) is 12.4. The summed E-state index contributed by atoms with van der Waals surface area (Å²) in [6.45, 7) is 7.44. The molecule has 0 radical (unpaired) electrons. The lowest BCUT2D eigenvalue weighted by molar-refractivity contribution is 0.965. The Hall–Kier alpha value is -1.48. The lowest BCUT2D eigenvalue weighted by Crippen LogP contribution is -2.02. The molecule has 0 fully saturated rings. The van der Waals surface area contributed by atoms with Crippen LogP contribution in [-0.2, 0) is 5.75 Å². The summed E-state index contributed by atoms with van der Waals surface area (Å²) in [5.41, 5.74) is 3.81. The molecule has 2 rings (SSSR count). The summed E-state index contributed by atoms with van der Waals surface area (Å²) in [6, 6.07) is 12.8. The van der Waals surface area contributed by atoms with E-state index < -0.39 is 0 Å². The quantitative estimate of drug-likeness (QED) is 0.771. The van der Waals surface area contributed by atoms with E-state index >= 15 is 0 Å². The first-order valence-corrected chi connectivity index (χ1v) is 8.07. The lowest BCUT2D eigenvalue weighted by Gasteiger charge is -2.07. The monoisotopic (exact) mass is 286 g/mol. The van der Waals surface area contributed by atoms with Gasteiger partial charge in [0, 0.05) is 17.2 Å². The van der Waals surface area contributed by atoms with Crippen molar-refractivity contribution in [1.29, 1.82) is 0 Å². The fourth-order valence-electron chi connectivity index (χ4n) is 1.87. The molecule has 0 aliphatic heterocycles. The molecule has 2 aromatic rings.